The van der Waals surface area contributed by atoms with Crippen molar-refractivity contribution in [3.63, 3.8) is 0 Å². The zero-order valence-corrected chi connectivity index (χ0v) is 16.0. The van der Waals surface area contributed by atoms with Crippen LogP contribution in [0.5, 0.6) is 0 Å². The minimum atomic E-state index is -0.579. The highest BCUT2D eigenvalue weighted by Gasteiger charge is 2.17. The first-order chi connectivity index (χ1) is 13.4. The van der Waals surface area contributed by atoms with Gasteiger partial charge in [0.25, 0.3) is 5.56 Å². The van der Waals surface area contributed by atoms with Gasteiger partial charge in [0.2, 0.25) is 5.91 Å². The Morgan fingerprint density at radius 3 is 2.68 bits per heavy atom. The molecule has 28 heavy (non-hydrogen) atoms. The van der Waals surface area contributed by atoms with E-state index in [0.29, 0.717) is 6.54 Å². The molecule has 10 heteroatoms. The van der Waals surface area contributed by atoms with Crippen LogP contribution >= 0.6 is 0 Å². The van der Waals surface area contributed by atoms with Crippen molar-refractivity contribution in [1.29, 1.82) is 0 Å². The maximum absolute atomic E-state index is 12.4. The summed E-state index contributed by atoms with van der Waals surface area (Å²) in [5.41, 5.74) is 0.605. The van der Waals surface area contributed by atoms with Crippen LogP contribution in [0.3, 0.4) is 0 Å². The van der Waals surface area contributed by atoms with E-state index < -0.39 is 23.2 Å². The summed E-state index contributed by atoms with van der Waals surface area (Å²) in [6.45, 7) is 0.199. The largest absolute Gasteiger partial charge is 0.337 e. The Hall–Kier alpha value is -3.17. The van der Waals surface area contributed by atoms with Gasteiger partial charge in [-0.2, -0.15) is 0 Å². The number of nitrogens with zero attached hydrogens (tertiary/aromatic N) is 4. The third-order valence-electron chi connectivity index (χ3n) is 4.90. The van der Waals surface area contributed by atoms with Gasteiger partial charge >= 0.3 is 11.7 Å². The summed E-state index contributed by atoms with van der Waals surface area (Å²) in [5.74, 6) is -0.579. The number of hydrogen-bond acceptors (Lipinski definition) is 5. The first-order valence-electron chi connectivity index (χ1n) is 9.25. The minimum absolute atomic E-state index is 0.129. The Balaban J connectivity index is 1.60. The summed E-state index contributed by atoms with van der Waals surface area (Å²) in [6, 6.07) is -0.578. The van der Waals surface area contributed by atoms with Crippen molar-refractivity contribution in [3.8, 4) is 0 Å². The summed E-state index contributed by atoms with van der Waals surface area (Å²) in [6.07, 6.45) is 8.84. The lowest BCUT2D eigenvalue weighted by Crippen LogP contribution is -2.42. The number of allylic oxidation sites excluding steroid dienone is 1. The quantitative estimate of drug-likeness (QED) is 0.707. The highest BCUT2D eigenvalue weighted by molar-refractivity contribution is 5.94. The summed E-state index contributed by atoms with van der Waals surface area (Å²) in [7, 11) is 2.85. The van der Waals surface area contributed by atoms with Crippen LogP contribution in [-0.2, 0) is 25.4 Å². The fourth-order valence-electron chi connectivity index (χ4n) is 3.35. The van der Waals surface area contributed by atoms with Gasteiger partial charge in [-0.25, -0.2) is 14.6 Å². The number of amides is 3. The summed E-state index contributed by atoms with van der Waals surface area (Å²) < 4.78 is 3.51. The van der Waals surface area contributed by atoms with Crippen molar-refractivity contribution in [1.82, 2.24) is 29.3 Å². The molecule has 0 saturated heterocycles. The molecular weight excluding hydrogens is 364 g/mol. The standard InChI is InChI=1S/C18H24N6O4/c1-22-15-14(16(26)23(2)18(22)28)24(11-20-15)10-13(25)21-17(27)19-9-8-12-6-4-3-5-7-12/h6,11H,3-5,7-10H2,1-2H3,(H2,19,21,25,27). The normalized spacial score (nSPS) is 14.0. The second kappa shape index (κ2) is 8.24. The van der Waals surface area contributed by atoms with Crippen molar-refractivity contribution in [2.45, 2.75) is 38.6 Å². The number of urea groups is 1. The predicted octanol–water partition coefficient (Wildman–Crippen LogP) is 0.150. The number of imide groups is 1. The van der Waals surface area contributed by atoms with Gasteiger partial charge in [0.1, 0.15) is 6.54 Å². The van der Waals surface area contributed by atoms with E-state index in [4.69, 9.17) is 0 Å². The maximum atomic E-state index is 12.4. The Labute approximate surface area is 160 Å². The van der Waals surface area contributed by atoms with E-state index in [1.165, 1.54) is 48.0 Å². The van der Waals surface area contributed by atoms with Crippen LogP contribution in [0.4, 0.5) is 4.79 Å². The number of nitrogens with one attached hydrogen (secondary N) is 2. The molecule has 0 radical (unpaired) electrons. The fraction of sp³-hybridized carbons (Fsp3) is 0.500. The Kier molecular flexibility index (Phi) is 5.76. The highest BCUT2D eigenvalue weighted by Crippen LogP contribution is 2.19. The van der Waals surface area contributed by atoms with E-state index in [-0.39, 0.29) is 17.7 Å². The molecule has 0 aromatic carbocycles. The Morgan fingerprint density at radius 2 is 1.96 bits per heavy atom. The molecule has 2 N–H and O–H groups in total. The van der Waals surface area contributed by atoms with Crippen LogP contribution in [0.2, 0.25) is 0 Å². The third-order valence-corrected chi connectivity index (χ3v) is 4.90. The zero-order chi connectivity index (χ0) is 20.3. The van der Waals surface area contributed by atoms with Gasteiger partial charge in [-0.3, -0.25) is 24.0 Å². The van der Waals surface area contributed by atoms with Gasteiger partial charge in [-0.1, -0.05) is 11.6 Å². The van der Waals surface area contributed by atoms with Crippen molar-refractivity contribution in [3.05, 3.63) is 38.8 Å². The van der Waals surface area contributed by atoms with Crippen LogP contribution in [0, 0.1) is 0 Å². The maximum Gasteiger partial charge on any atom is 0.332 e. The molecule has 1 aliphatic rings. The van der Waals surface area contributed by atoms with Crippen molar-refractivity contribution in [2.24, 2.45) is 14.1 Å². The number of hydrogen-bond donors (Lipinski definition) is 2. The molecule has 150 valence electrons. The number of aryl methyl sites for hydroxylation is 1. The van der Waals surface area contributed by atoms with Gasteiger partial charge in [0.05, 0.1) is 6.33 Å². The molecule has 0 bridgehead atoms. The number of imidazole rings is 1. The van der Waals surface area contributed by atoms with E-state index in [9.17, 15) is 19.2 Å². The predicted molar refractivity (Wildman–Crippen MR) is 103 cm³/mol. The molecule has 0 fully saturated rings. The molecular formula is C18H24N6O4. The first kappa shape index (κ1) is 19.6. The van der Waals surface area contributed by atoms with Gasteiger partial charge in [-0.05, 0) is 32.1 Å². The second-order valence-electron chi connectivity index (χ2n) is 6.91. The van der Waals surface area contributed by atoms with Crippen LogP contribution in [0.1, 0.15) is 32.1 Å². The van der Waals surface area contributed by atoms with Crippen molar-refractivity contribution < 1.29 is 9.59 Å². The molecule has 0 aliphatic heterocycles. The summed E-state index contributed by atoms with van der Waals surface area (Å²) in [5, 5.41) is 4.91. The second-order valence-corrected chi connectivity index (χ2v) is 6.91. The molecule has 2 aromatic heterocycles. The molecule has 2 aromatic rings. The number of carbonyl (C=O) groups excluding carboxylic acids is 2. The average molecular weight is 388 g/mol. The molecule has 2 heterocycles. The number of carbonyl (C=O) groups is 2. The number of aromatic nitrogens is 4. The van der Waals surface area contributed by atoms with Crippen molar-refractivity contribution in [2.75, 3.05) is 6.54 Å². The summed E-state index contributed by atoms with van der Waals surface area (Å²) >= 11 is 0. The fourth-order valence-corrected chi connectivity index (χ4v) is 3.35. The van der Waals surface area contributed by atoms with Gasteiger partial charge in [0, 0.05) is 20.6 Å². The minimum Gasteiger partial charge on any atom is -0.337 e. The first-order valence-corrected chi connectivity index (χ1v) is 9.25. The lowest BCUT2D eigenvalue weighted by molar-refractivity contribution is -0.120. The molecule has 10 nitrogen and oxygen atoms in total. The van der Waals surface area contributed by atoms with Crippen molar-refractivity contribution >= 4 is 23.1 Å². The Bertz CT molecular complexity index is 1060. The monoisotopic (exact) mass is 388 g/mol. The molecule has 1 aliphatic carbocycles. The topological polar surface area (TPSA) is 120 Å². The zero-order valence-electron chi connectivity index (χ0n) is 16.0. The van der Waals surface area contributed by atoms with Crippen LogP contribution in [0.25, 0.3) is 11.2 Å². The van der Waals surface area contributed by atoms with E-state index >= 15 is 0 Å². The van der Waals surface area contributed by atoms with E-state index in [2.05, 4.69) is 21.7 Å². The van der Waals surface area contributed by atoms with E-state index in [1.54, 1.807) is 0 Å². The van der Waals surface area contributed by atoms with Gasteiger partial charge < -0.3 is 9.88 Å². The molecule has 3 amide bonds. The molecule has 0 unspecified atom stereocenters. The van der Waals surface area contributed by atoms with Gasteiger partial charge in [-0.15, -0.1) is 0 Å². The number of rotatable bonds is 5. The lowest BCUT2D eigenvalue weighted by atomic mass is 9.97. The molecule has 0 atom stereocenters. The molecule has 0 saturated carbocycles. The van der Waals surface area contributed by atoms with Gasteiger partial charge in [0.15, 0.2) is 11.2 Å². The van der Waals surface area contributed by atoms with E-state index in [1.807, 2.05) is 0 Å². The molecule has 0 spiro atoms. The SMILES string of the molecule is Cn1c(=O)c2c(ncn2CC(=O)NC(=O)NCCC2=CCCCC2)n(C)c1=O. The third kappa shape index (κ3) is 4.05. The highest BCUT2D eigenvalue weighted by atomic mass is 16.2. The Morgan fingerprint density at radius 1 is 1.18 bits per heavy atom. The van der Waals surface area contributed by atoms with E-state index in [0.717, 1.165) is 23.8 Å². The van der Waals surface area contributed by atoms with Crippen LogP contribution in [0.15, 0.2) is 27.6 Å². The summed E-state index contributed by atoms with van der Waals surface area (Å²) in [4.78, 5) is 52.4. The average Bonchev–Trinajstić information content (AvgIpc) is 3.09. The van der Waals surface area contributed by atoms with Crippen LogP contribution < -0.4 is 21.9 Å². The van der Waals surface area contributed by atoms with Crippen LogP contribution in [-0.4, -0.2) is 37.2 Å². The smallest absolute Gasteiger partial charge is 0.332 e. The molecule has 3 rings (SSSR count). The lowest BCUT2D eigenvalue weighted by Gasteiger charge is -2.13. The number of fused-ring (bicyclic) bond motifs is 1.